The maximum Gasteiger partial charge on any atom is 0.146 e. The first-order valence-electron chi connectivity index (χ1n) is 5.88. The van der Waals surface area contributed by atoms with Crippen molar-refractivity contribution in [3.63, 3.8) is 0 Å². The number of fused-ring (bicyclic) bond motifs is 1. The summed E-state index contributed by atoms with van der Waals surface area (Å²) in [4.78, 5) is 0. The Bertz CT molecular complexity index is 369. The summed E-state index contributed by atoms with van der Waals surface area (Å²) in [6, 6.07) is 5.88. The van der Waals surface area contributed by atoms with Crippen molar-refractivity contribution in [1.82, 2.24) is 0 Å². The summed E-state index contributed by atoms with van der Waals surface area (Å²) in [7, 11) is 0. The Morgan fingerprint density at radius 1 is 1.20 bits per heavy atom. The standard InChI is InChI=1S/C13H16FN/c14-11-7-3-6-10-8-12(15-13(10)11)9-4-1-2-5-9/h3,6-7,9,12,15H,1-2,4-5,8H2. The van der Waals surface area contributed by atoms with E-state index < -0.39 is 0 Å². The number of halogens is 1. The van der Waals surface area contributed by atoms with Crippen molar-refractivity contribution >= 4 is 5.69 Å². The molecule has 0 bridgehead atoms. The Morgan fingerprint density at radius 3 is 2.73 bits per heavy atom. The van der Waals surface area contributed by atoms with E-state index in [0.717, 1.165) is 23.6 Å². The third-order valence-electron chi connectivity index (χ3n) is 3.84. The third kappa shape index (κ3) is 1.52. The summed E-state index contributed by atoms with van der Waals surface area (Å²) in [6.45, 7) is 0. The van der Waals surface area contributed by atoms with Crippen LogP contribution in [0.1, 0.15) is 31.2 Å². The maximum absolute atomic E-state index is 13.5. The van der Waals surface area contributed by atoms with Crippen molar-refractivity contribution in [3.8, 4) is 0 Å². The minimum Gasteiger partial charge on any atom is -0.379 e. The van der Waals surface area contributed by atoms with Crippen LogP contribution in [0.3, 0.4) is 0 Å². The Kier molecular flexibility index (Phi) is 2.15. The fourth-order valence-corrected chi connectivity index (χ4v) is 3.02. The lowest BCUT2D eigenvalue weighted by atomic mass is 9.95. The number of para-hydroxylation sites is 1. The molecule has 1 aromatic carbocycles. The molecule has 2 aliphatic rings. The van der Waals surface area contributed by atoms with Crippen molar-refractivity contribution in [1.29, 1.82) is 0 Å². The van der Waals surface area contributed by atoms with E-state index in [4.69, 9.17) is 0 Å². The summed E-state index contributed by atoms with van der Waals surface area (Å²) in [5, 5.41) is 3.37. The molecule has 2 heteroatoms. The van der Waals surface area contributed by atoms with Gasteiger partial charge in [0.2, 0.25) is 0 Å². The molecule has 0 spiro atoms. The summed E-state index contributed by atoms with van der Waals surface area (Å²) in [6.07, 6.45) is 6.33. The van der Waals surface area contributed by atoms with Gasteiger partial charge in [-0.05, 0) is 36.8 Å². The molecule has 80 valence electrons. The number of hydrogen-bond acceptors (Lipinski definition) is 1. The zero-order valence-corrected chi connectivity index (χ0v) is 8.80. The molecule has 1 aliphatic heterocycles. The van der Waals surface area contributed by atoms with Crippen molar-refractivity contribution in [3.05, 3.63) is 29.6 Å². The van der Waals surface area contributed by atoms with Gasteiger partial charge in [-0.2, -0.15) is 0 Å². The van der Waals surface area contributed by atoms with E-state index in [1.165, 1.54) is 25.7 Å². The molecule has 0 aromatic heterocycles. The topological polar surface area (TPSA) is 12.0 Å². The van der Waals surface area contributed by atoms with Crippen LogP contribution in [-0.4, -0.2) is 6.04 Å². The Labute approximate surface area is 89.7 Å². The number of nitrogens with one attached hydrogen (secondary N) is 1. The van der Waals surface area contributed by atoms with Gasteiger partial charge in [0.05, 0.1) is 5.69 Å². The normalized spacial score (nSPS) is 25.3. The van der Waals surface area contributed by atoms with Gasteiger partial charge in [0, 0.05) is 6.04 Å². The van der Waals surface area contributed by atoms with Crippen LogP contribution in [0.25, 0.3) is 0 Å². The molecule has 1 fully saturated rings. The zero-order chi connectivity index (χ0) is 10.3. The molecule has 0 radical (unpaired) electrons. The van der Waals surface area contributed by atoms with E-state index in [2.05, 4.69) is 5.32 Å². The van der Waals surface area contributed by atoms with Crippen LogP contribution >= 0.6 is 0 Å². The smallest absolute Gasteiger partial charge is 0.146 e. The van der Waals surface area contributed by atoms with Gasteiger partial charge in [-0.25, -0.2) is 4.39 Å². The van der Waals surface area contributed by atoms with E-state index in [-0.39, 0.29) is 5.82 Å². The van der Waals surface area contributed by atoms with E-state index in [9.17, 15) is 4.39 Å². The van der Waals surface area contributed by atoms with Crippen molar-refractivity contribution in [2.75, 3.05) is 5.32 Å². The Hall–Kier alpha value is -1.05. The molecule has 1 atom stereocenters. The first kappa shape index (κ1) is 9.20. The fraction of sp³-hybridized carbons (Fsp3) is 0.538. The highest BCUT2D eigenvalue weighted by atomic mass is 19.1. The molecule has 1 heterocycles. The van der Waals surface area contributed by atoms with Gasteiger partial charge < -0.3 is 5.32 Å². The second kappa shape index (κ2) is 3.51. The lowest BCUT2D eigenvalue weighted by Crippen LogP contribution is -2.24. The lowest BCUT2D eigenvalue weighted by molar-refractivity contribution is 0.465. The van der Waals surface area contributed by atoms with E-state index in [1.54, 1.807) is 6.07 Å². The molecule has 1 nitrogen and oxygen atoms in total. The largest absolute Gasteiger partial charge is 0.379 e. The van der Waals surface area contributed by atoms with Crippen molar-refractivity contribution < 1.29 is 4.39 Å². The quantitative estimate of drug-likeness (QED) is 0.741. The molecule has 1 aromatic rings. The molecular weight excluding hydrogens is 189 g/mol. The van der Waals surface area contributed by atoms with Gasteiger partial charge in [0.25, 0.3) is 0 Å². The Balaban J connectivity index is 1.82. The predicted molar refractivity (Wildman–Crippen MR) is 59.5 cm³/mol. The summed E-state index contributed by atoms with van der Waals surface area (Å²) in [5.41, 5.74) is 1.92. The molecule has 3 rings (SSSR count). The van der Waals surface area contributed by atoms with E-state index in [1.807, 2.05) is 12.1 Å². The first-order valence-corrected chi connectivity index (χ1v) is 5.88. The van der Waals surface area contributed by atoms with Crippen LogP contribution in [0.15, 0.2) is 18.2 Å². The van der Waals surface area contributed by atoms with Crippen LogP contribution in [0, 0.1) is 11.7 Å². The second-order valence-corrected chi connectivity index (χ2v) is 4.77. The molecule has 0 saturated heterocycles. The van der Waals surface area contributed by atoms with Crippen LogP contribution in [0.5, 0.6) is 0 Å². The summed E-state index contributed by atoms with van der Waals surface area (Å²) >= 11 is 0. The molecule has 15 heavy (non-hydrogen) atoms. The number of benzene rings is 1. The van der Waals surface area contributed by atoms with E-state index >= 15 is 0 Å². The molecular formula is C13H16FN. The molecule has 1 aliphatic carbocycles. The average molecular weight is 205 g/mol. The van der Waals surface area contributed by atoms with Crippen LogP contribution in [0.2, 0.25) is 0 Å². The zero-order valence-electron chi connectivity index (χ0n) is 8.80. The number of hydrogen-bond donors (Lipinski definition) is 1. The second-order valence-electron chi connectivity index (χ2n) is 4.77. The molecule has 0 amide bonds. The molecule has 1 N–H and O–H groups in total. The highest BCUT2D eigenvalue weighted by molar-refractivity contribution is 5.57. The highest BCUT2D eigenvalue weighted by Gasteiger charge is 2.31. The van der Waals surface area contributed by atoms with Gasteiger partial charge in [-0.15, -0.1) is 0 Å². The highest BCUT2D eigenvalue weighted by Crippen LogP contribution is 2.37. The third-order valence-corrected chi connectivity index (χ3v) is 3.84. The van der Waals surface area contributed by atoms with Crippen LogP contribution in [0.4, 0.5) is 10.1 Å². The van der Waals surface area contributed by atoms with Gasteiger partial charge in [-0.3, -0.25) is 0 Å². The van der Waals surface area contributed by atoms with Crippen molar-refractivity contribution in [2.45, 2.75) is 38.1 Å². The first-order chi connectivity index (χ1) is 7.34. The predicted octanol–water partition coefficient (Wildman–Crippen LogP) is 3.35. The molecule has 1 saturated carbocycles. The minimum absolute atomic E-state index is 0.0898. The van der Waals surface area contributed by atoms with Crippen molar-refractivity contribution in [2.24, 2.45) is 5.92 Å². The van der Waals surface area contributed by atoms with Crippen LogP contribution in [-0.2, 0) is 6.42 Å². The lowest BCUT2D eigenvalue weighted by Gasteiger charge is -2.18. The van der Waals surface area contributed by atoms with Gasteiger partial charge in [0.1, 0.15) is 5.82 Å². The van der Waals surface area contributed by atoms with E-state index in [0.29, 0.717) is 6.04 Å². The SMILES string of the molecule is Fc1cccc2c1NC(C1CCCC1)C2. The number of anilines is 1. The van der Waals surface area contributed by atoms with Gasteiger partial charge in [0.15, 0.2) is 0 Å². The monoisotopic (exact) mass is 205 g/mol. The fourth-order valence-electron chi connectivity index (χ4n) is 3.02. The summed E-state index contributed by atoms with van der Waals surface area (Å²) < 4.78 is 13.5. The summed E-state index contributed by atoms with van der Waals surface area (Å²) in [5.74, 6) is 0.671. The Morgan fingerprint density at radius 2 is 2.00 bits per heavy atom. The molecule has 1 unspecified atom stereocenters. The number of rotatable bonds is 1. The van der Waals surface area contributed by atoms with Gasteiger partial charge in [-0.1, -0.05) is 25.0 Å². The average Bonchev–Trinajstić information content (AvgIpc) is 2.86. The minimum atomic E-state index is -0.0898. The van der Waals surface area contributed by atoms with Gasteiger partial charge >= 0.3 is 0 Å². The van der Waals surface area contributed by atoms with Crippen LogP contribution < -0.4 is 5.32 Å². The maximum atomic E-state index is 13.5.